The molecule has 4 heteroatoms. The van der Waals surface area contributed by atoms with Gasteiger partial charge in [0.15, 0.2) is 0 Å². The highest BCUT2D eigenvalue weighted by atomic mass is 16.5. The lowest BCUT2D eigenvalue weighted by molar-refractivity contribution is 0.128. The van der Waals surface area contributed by atoms with Gasteiger partial charge in [-0.25, -0.2) is 4.98 Å². The van der Waals surface area contributed by atoms with Crippen molar-refractivity contribution in [3.63, 3.8) is 0 Å². The van der Waals surface area contributed by atoms with Crippen LogP contribution in [0, 0.1) is 5.92 Å². The molecule has 1 atom stereocenters. The summed E-state index contributed by atoms with van der Waals surface area (Å²) in [6.45, 7) is 11.3. The molecule has 4 nitrogen and oxygen atoms in total. The highest BCUT2D eigenvalue weighted by Crippen LogP contribution is 2.12. The third-order valence-corrected chi connectivity index (χ3v) is 3.16. The standard InChI is InChI=1S/C16H29N3O/c1-6-15-7-14(11-17-9-12(2)3)8-16(19-15)18-10-13(4)20-5/h7-8,12-13,17H,6,9-11H2,1-5H3,(H,18,19). The summed E-state index contributed by atoms with van der Waals surface area (Å²) in [4.78, 5) is 4.61. The second-order valence-corrected chi connectivity index (χ2v) is 5.66. The van der Waals surface area contributed by atoms with Gasteiger partial charge in [-0.2, -0.15) is 0 Å². The van der Waals surface area contributed by atoms with Gasteiger partial charge in [-0.15, -0.1) is 0 Å². The van der Waals surface area contributed by atoms with Crippen molar-refractivity contribution in [3.8, 4) is 0 Å². The molecule has 0 aliphatic carbocycles. The highest BCUT2D eigenvalue weighted by molar-refractivity contribution is 5.40. The van der Waals surface area contributed by atoms with Crippen LogP contribution in [0.15, 0.2) is 12.1 Å². The van der Waals surface area contributed by atoms with Gasteiger partial charge in [0.25, 0.3) is 0 Å². The lowest BCUT2D eigenvalue weighted by Gasteiger charge is -2.14. The molecule has 0 radical (unpaired) electrons. The Morgan fingerprint density at radius 1 is 1.20 bits per heavy atom. The lowest BCUT2D eigenvalue weighted by atomic mass is 10.1. The summed E-state index contributed by atoms with van der Waals surface area (Å²) in [5.74, 6) is 1.61. The van der Waals surface area contributed by atoms with Gasteiger partial charge in [0, 0.05) is 25.9 Å². The molecule has 0 aliphatic rings. The van der Waals surface area contributed by atoms with Gasteiger partial charge in [-0.3, -0.25) is 0 Å². The van der Waals surface area contributed by atoms with Crippen LogP contribution in [0.2, 0.25) is 0 Å². The van der Waals surface area contributed by atoms with E-state index in [4.69, 9.17) is 4.74 Å². The Bertz CT molecular complexity index is 393. The monoisotopic (exact) mass is 279 g/mol. The van der Waals surface area contributed by atoms with Gasteiger partial charge < -0.3 is 15.4 Å². The summed E-state index contributed by atoms with van der Waals surface area (Å²) in [6, 6.07) is 4.30. The fourth-order valence-electron chi connectivity index (χ4n) is 1.86. The first-order valence-electron chi connectivity index (χ1n) is 7.52. The molecule has 0 fully saturated rings. The molecular weight excluding hydrogens is 250 g/mol. The zero-order chi connectivity index (χ0) is 15.0. The molecular formula is C16H29N3O. The van der Waals surface area contributed by atoms with Crippen LogP contribution in [0.3, 0.4) is 0 Å². The minimum atomic E-state index is 0.185. The number of pyridine rings is 1. The molecule has 1 heterocycles. The second kappa shape index (κ2) is 8.93. The van der Waals surface area contributed by atoms with E-state index in [2.05, 4.69) is 48.5 Å². The van der Waals surface area contributed by atoms with Gasteiger partial charge in [-0.05, 0) is 43.5 Å². The maximum Gasteiger partial charge on any atom is 0.126 e. The minimum Gasteiger partial charge on any atom is -0.380 e. The third kappa shape index (κ3) is 6.35. The molecule has 1 aromatic heterocycles. The van der Waals surface area contributed by atoms with Crippen molar-refractivity contribution < 1.29 is 4.74 Å². The van der Waals surface area contributed by atoms with Crippen LogP contribution >= 0.6 is 0 Å². The molecule has 0 aliphatic heterocycles. The molecule has 1 aromatic rings. The fourth-order valence-corrected chi connectivity index (χ4v) is 1.86. The Kier molecular flexibility index (Phi) is 7.55. The average Bonchev–Trinajstić information content (AvgIpc) is 2.44. The van der Waals surface area contributed by atoms with Gasteiger partial charge in [0.1, 0.15) is 5.82 Å². The molecule has 0 saturated heterocycles. The summed E-state index contributed by atoms with van der Waals surface area (Å²) < 4.78 is 5.25. The first kappa shape index (κ1) is 16.9. The number of hydrogen-bond donors (Lipinski definition) is 2. The summed E-state index contributed by atoms with van der Waals surface area (Å²) in [6.07, 6.45) is 1.14. The van der Waals surface area contributed by atoms with E-state index in [0.717, 1.165) is 37.6 Å². The molecule has 0 aromatic carbocycles. The molecule has 0 saturated carbocycles. The van der Waals surface area contributed by atoms with E-state index in [1.807, 2.05) is 6.92 Å². The van der Waals surface area contributed by atoms with E-state index in [1.54, 1.807) is 7.11 Å². The number of aromatic nitrogens is 1. The molecule has 1 rings (SSSR count). The predicted molar refractivity (Wildman–Crippen MR) is 85.1 cm³/mol. The van der Waals surface area contributed by atoms with Crippen molar-refractivity contribution in [1.82, 2.24) is 10.3 Å². The zero-order valence-corrected chi connectivity index (χ0v) is 13.5. The van der Waals surface area contributed by atoms with Gasteiger partial charge in [0.2, 0.25) is 0 Å². The Balaban J connectivity index is 2.64. The van der Waals surface area contributed by atoms with Crippen LogP contribution in [-0.4, -0.2) is 31.3 Å². The number of nitrogens with zero attached hydrogens (tertiary/aromatic N) is 1. The molecule has 2 N–H and O–H groups in total. The van der Waals surface area contributed by atoms with Crippen LogP contribution in [0.4, 0.5) is 5.82 Å². The largest absolute Gasteiger partial charge is 0.380 e. The molecule has 1 unspecified atom stereocenters. The number of hydrogen-bond acceptors (Lipinski definition) is 4. The third-order valence-electron chi connectivity index (χ3n) is 3.16. The SMILES string of the molecule is CCc1cc(CNCC(C)C)cc(NCC(C)OC)n1. The quantitative estimate of drug-likeness (QED) is 0.729. The van der Waals surface area contributed by atoms with E-state index >= 15 is 0 Å². The van der Waals surface area contributed by atoms with Gasteiger partial charge in [0.05, 0.1) is 6.10 Å². The Morgan fingerprint density at radius 3 is 2.55 bits per heavy atom. The number of aryl methyl sites for hydroxylation is 1. The first-order valence-corrected chi connectivity index (χ1v) is 7.52. The van der Waals surface area contributed by atoms with Gasteiger partial charge >= 0.3 is 0 Å². The lowest BCUT2D eigenvalue weighted by Crippen LogP contribution is -2.21. The number of methoxy groups -OCH3 is 1. The summed E-state index contributed by atoms with van der Waals surface area (Å²) in [5.41, 5.74) is 2.41. The van der Waals surface area contributed by atoms with E-state index in [9.17, 15) is 0 Å². The zero-order valence-electron chi connectivity index (χ0n) is 13.5. The van der Waals surface area contributed by atoms with Crippen LogP contribution in [-0.2, 0) is 17.7 Å². The van der Waals surface area contributed by atoms with Gasteiger partial charge in [-0.1, -0.05) is 20.8 Å². The van der Waals surface area contributed by atoms with Crippen molar-refractivity contribution >= 4 is 5.82 Å². The smallest absolute Gasteiger partial charge is 0.126 e. The molecule has 0 amide bonds. The van der Waals surface area contributed by atoms with E-state index in [-0.39, 0.29) is 6.10 Å². The van der Waals surface area contributed by atoms with Crippen molar-refractivity contribution in [2.24, 2.45) is 5.92 Å². The van der Waals surface area contributed by atoms with E-state index in [0.29, 0.717) is 5.92 Å². The van der Waals surface area contributed by atoms with Crippen LogP contribution in [0.5, 0.6) is 0 Å². The predicted octanol–water partition coefficient (Wildman–Crippen LogP) is 2.84. The second-order valence-electron chi connectivity index (χ2n) is 5.66. The van der Waals surface area contributed by atoms with Crippen molar-refractivity contribution in [3.05, 3.63) is 23.4 Å². The van der Waals surface area contributed by atoms with Crippen molar-refractivity contribution in [2.75, 3.05) is 25.5 Å². The van der Waals surface area contributed by atoms with Crippen LogP contribution < -0.4 is 10.6 Å². The number of nitrogens with one attached hydrogen (secondary N) is 2. The normalized spacial score (nSPS) is 12.7. The summed E-state index contributed by atoms with van der Waals surface area (Å²) in [7, 11) is 1.73. The Morgan fingerprint density at radius 2 is 1.95 bits per heavy atom. The first-order chi connectivity index (χ1) is 9.55. The minimum absolute atomic E-state index is 0.185. The topological polar surface area (TPSA) is 46.2 Å². The summed E-state index contributed by atoms with van der Waals surface area (Å²) in [5, 5.41) is 6.82. The molecule has 114 valence electrons. The van der Waals surface area contributed by atoms with Crippen LogP contribution in [0.1, 0.15) is 39.0 Å². The van der Waals surface area contributed by atoms with Crippen molar-refractivity contribution in [2.45, 2.75) is 46.8 Å². The van der Waals surface area contributed by atoms with E-state index < -0.39 is 0 Å². The fraction of sp³-hybridized carbons (Fsp3) is 0.688. The highest BCUT2D eigenvalue weighted by Gasteiger charge is 2.04. The number of anilines is 1. The van der Waals surface area contributed by atoms with Crippen molar-refractivity contribution in [1.29, 1.82) is 0 Å². The molecule has 20 heavy (non-hydrogen) atoms. The van der Waals surface area contributed by atoms with Crippen LogP contribution in [0.25, 0.3) is 0 Å². The Hall–Kier alpha value is -1.13. The van der Waals surface area contributed by atoms with E-state index in [1.165, 1.54) is 5.56 Å². The number of ether oxygens (including phenoxy) is 1. The molecule has 0 bridgehead atoms. The Labute approximate surface area is 123 Å². The number of rotatable bonds is 9. The maximum absolute atomic E-state index is 5.25. The average molecular weight is 279 g/mol. The molecule has 0 spiro atoms. The maximum atomic E-state index is 5.25. The summed E-state index contributed by atoms with van der Waals surface area (Å²) >= 11 is 0.